The average Bonchev–Trinajstić information content (AvgIpc) is 2.48. The van der Waals surface area contributed by atoms with E-state index >= 15 is 0 Å². The molecule has 2 rings (SSSR count). The zero-order valence-electron chi connectivity index (χ0n) is 10.5. The van der Waals surface area contributed by atoms with Crippen LogP contribution in [0.1, 0.15) is 19.0 Å². The van der Waals surface area contributed by atoms with Crippen LogP contribution in [0.3, 0.4) is 0 Å². The maximum Gasteiger partial charge on any atom is 0.331 e. The topological polar surface area (TPSA) is 68.1 Å². The summed E-state index contributed by atoms with van der Waals surface area (Å²) in [7, 11) is 0. The van der Waals surface area contributed by atoms with Crippen LogP contribution in [0.4, 0.5) is 0 Å². The van der Waals surface area contributed by atoms with Crippen LogP contribution in [0, 0.1) is 12.0 Å². The maximum atomic E-state index is 9.07. The van der Waals surface area contributed by atoms with E-state index in [0.717, 1.165) is 0 Å². The highest BCUT2D eigenvalue weighted by Crippen LogP contribution is 2.16. The third-order valence-electron chi connectivity index (χ3n) is 2.26. The molecule has 0 aliphatic carbocycles. The van der Waals surface area contributed by atoms with Crippen molar-refractivity contribution in [3.05, 3.63) is 36.2 Å². The molecule has 2 heterocycles. The molecule has 5 heteroatoms. The molecule has 1 N–H and O–H groups in total. The normalized spacial score (nSPS) is 9.58. The minimum Gasteiger partial charge on any atom is -0.390 e. The Morgan fingerprint density at radius 2 is 2.05 bits per heavy atom. The molecular weight excluding hydrogens is 242 g/mol. The summed E-state index contributed by atoms with van der Waals surface area (Å²) in [6.07, 6.45) is 4.81. The molecule has 0 aromatic carbocycles. The average molecular weight is 255 g/mol. The maximum absolute atomic E-state index is 9.07. The molecule has 0 saturated carbocycles. The third-order valence-corrected chi connectivity index (χ3v) is 2.26. The summed E-state index contributed by atoms with van der Waals surface area (Å²) in [6, 6.07) is 7.28. The van der Waals surface area contributed by atoms with Crippen LogP contribution in [0.15, 0.2) is 30.5 Å². The van der Waals surface area contributed by atoms with Crippen molar-refractivity contribution in [1.82, 2.24) is 15.0 Å². The summed E-state index contributed by atoms with van der Waals surface area (Å²) in [5.74, 6) is 2.77. The lowest BCUT2D eigenvalue weighted by Gasteiger charge is -2.02. The lowest BCUT2D eigenvalue weighted by molar-refractivity contribution is 0.277. The number of rotatable bonds is 3. The molecule has 2 aromatic heterocycles. The van der Waals surface area contributed by atoms with Gasteiger partial charge in [-0.05, 0) is 18.2 Å². The summed E-state index contributed by atoms with van der Waals surface area (Å²) >= 11 is 0. The molecule has 0 atom stereocenters. The molecule has 5 nitrogen and oxygen atoms in total. The summed E-state index contributed by atoms with van der Waals surface area (Å²) < 4.78 is 5.10. The fraction of sp³-hybridized carbons (Fsp3) is 0.214. The molecule has 19 heavy (non-hydrogen) atoms. The van der Waals surface area contributed by atoms with E-state index in [0.29, 0.717) is 23.5 Å². The van der Waals surface area contributed by atoms with E-state index in [-0.39, 0.29) is 12.6 Å². The first-order valence-electron chi connectivity index (χ1n) is 5.88. The van der Waals surface area contributed by atoms with Crippen molar-refractivity contribution in [2.24, 2.45) is 0 Å². The number of aliphatic hydroxyl groups is 1. The van der Waals surface area contributed by atoms with E-state index in [1.165, 1.54) is 0 Å². The fourth-order valence-electron chi connectivity index (χ4n) is 1.40. The lowest BCUT2D eigenvalue weighted by Crippen LogP contribution is -1.96. The van der Waals surface area contributed by atoms with E-state index in [1.807, 2.05) is 19.1 Å². The monoisotopic (exact) mass is 255 g/mol. The predicted molar refractivity (Wildman–Crippen MR) is 69.9 cm³/mol. The van der Waals surface area contributed by atoms with Crippen molar-refractivity contribution in [3.63, 3.8) is 0 Å². The van der Waals surface area contributed by atoms with Crippen molar-refractivity contribution >= 4 is 0 Å². The van der Waals surface area contributed by atoms with Crippen LogP contribution < -0.4 is 4.74 Å². The van der Waals surface area contributed by atoms with Crippen LogP contribution >= 0.6 is 0 Å². The second-order valence-corrected chi connectivity index (χ2v) is 3.63. The molecular formula is C14H13N3O2. The van der Waals surface area contributed by atoms with Crippen LogP contribution in [0.5, 0.6) is 6.01 Å². The van der Waals surface area contributed by atoms with Gasteiger partial charge in [0.15, 0.2) is 0 Å². The fourth-order valence-corrected chi connectivity index (χ4v) is 1.40. The molecule has 0 saturated heterocycles. The summed E-state index contributed by atoms with van der Waals surface area (Å²) in [6.45, 7) is 1.82. The number of aliphatic hydroxyl groups excluding tert-OH is 1. The Morgan fingerprint density at radius 3 is 2.84 bits per heavy atom. The van der Waals surface area contributed by atoms with Gasteiger partial charge in [-0.3, -0.25) is 0 Å². The summed E-state index contributed by atoms with van der Waals surface area (Å²) in [4.78, 5) is 12.4. The molecule has 0 spiro atoms. The molecule has 0 fully saturated rings. The van der Waals surface area contributed by atoms with E-state index in [1.54, 1.807) is 18.3 Å². The van der Waals surface area contributed by atoms with Crippen molar-refractivity contribution < 1.29 is 9.84 Å². The van der Waals surface area contributed by atoms with Gasteiger partial charge in [-0.1, -0.05) is 18.9 Å². The number of hydrogen-bond acceptors (Lipinski definition) is 5. The molecule has 96 valence electrons. The van der Waals surface area contributed by atoms with Gasteiger partial charge in [0.1, 0.15) is 6.11 Å². The Morgan fingerprint density at radius 1 is 1.21 bits per heavy atom. The zero-order valence-corrected chi connectivity index (χ0v) is 10.5. The Hall–Kier alpha value is -2.45. The zero-order chi connectivity index (χ0) is 13.5. The predicted octanol–water partition coefficient (Wildman–Crippen LogP) is 1.78. The minimum atomic E-state index is -0.107. The molecule has 0 aliphatic rings. The number of hydrogen-bond donors (Lipinski definition) is 1. The summed E-state index contributed by atoms with van der Waals surface area (Å²) in [5.41, 5.74) is 1.87. The lowest BCUT2D eigenvalue weighted by atomic mass is 10.2. The highest BCUT2D eigenvalue weighted by Gasteiger charge is 2.04. The SMILES string of the molecule is CCC#COc1nccc(-c2cccc(CO)n2)n1. The quantitative estimate of drug-likeness (QED) is 0.847. The van der Waals surface area contributed by atoms with E-state index in [2.05, 4.69) is 27.0 Å². The van der Waals surface area contributed by atoms with Gasteiger partial charge in [-0.15, -0.1) is 0 Å². The molecule has 0 unspecified atom stereocenters. The van der Waals surface area contributed by atoms with Gasteiger partial charge in [0.05, 0.1) is 23.7 Å². The highest BCUT2D eigenvalue weighted by molar-refractivity contribution is 5.53. The van der Waals surface area contributed by atoms with Crippen LogP contribution in [-0.4, -0.2) is 20.1 Å². The highest BCUT2D eigenvalue weighted by atomic mass is 16.5. The smallest absolute Gasteiger partial charge is 0.331 e. The van der Waals surface area contributed by atoms with Gasteiger partial charge in [-0.25, -0.2) is 9.97 Å². The van der Waals surface area contributed by atoms with Gasteiger partial charge in [0, 0.05) is 12.6 Å². The Kier molecular flexibility index (Phi) is 4.43. The van der Waals surface area contributed by atoms with Gasteiger partial charge in [0.25, 0.3) is 0 Å². The van der Waals surface area contributed by atoms with Crippen LogP contribution in [0.25, 0.3) is 11.4 Å². The molecule has 0 bridgehead atoms. The second kappa shape index (κ2) is 6.47. The number of nitrogens with zero attached hydrogens (tertiary/aromatic N) is 3. The first-order valence-corrected chi connectivity index (χ1v) is 5.88. The van der Waals surface area contributed by atoms with Crippen molar-refractivity contribution in [1.29, 1.82) is 0 Å². The summed E-state index contributed by atoms with van der Waals surface area (Å²) in [5, 5.41) is 9.07. The second-order valence-electron chi connectivity index (χ2n) is 3.63. The Bertz CT molecular complexity index is 617. The number of ether oxygens (including phenoxy) is 1. The standard InChI is InChI=1S/C14H13N3O2/c1-2-3-9-19-14-15-8-7-13(17-14)12-6-4-5-11(10-18)16-12/h4-8,18H,2,10H2,1H3. The third kappa shape index (κ3) is 3.50. The van der Waals surface area contributed by atoms with E-state index < -0.39 is 0 Å². The van der Waals surface area contributed by atoms with Crippen LogP contribution in [-0.2, 0) is 6.61 Å². The van der Waals surface area contributed by atoms with Crippen molar-refractivity contribution in [2.45, 2.75) is 20.0 Å². The molecule has 0 aliphatic heterocycles. The van der Waals surface area contributed by atoms with Gasteiger partial charge in [0.2, 0.25) is 0 Å². The Balaban J connectivity index is 2.26. The molecule has 2 aromatic rings. The first-order chi connectivity index (χ1) is 9.33. The van der Waals surface area contributed by atoms with Crippen LogP contribution in [0.2, 0.25) is 0 Å². The molecule has 0 amide bonds. The van der Waals surface area contributed by atoms with Crippen molar-refractivity contribution in [3.8, 4) is 29.4 Å². The first kappa shape index (κ1) is 13.0. The molecule has 0 radical (unpaired) electrons. The minimum absolute atomic E-state index is 0.107. The van der Waals surface area contributed by atoms with Gasteiger partial charge < -0.3 is 9.84 Å². The van der Waals surface area contributed by atoms with Crippen molar-refractivity contribution in [2.75, 3.05) is 0 Å². The Labute approximate surface area is 111 Å². The number of aromatic nitrogens is 3. The number of pyridine rings is 1. The van der Waals surface area contributed by atoms with E-state index in [9.17, 15) is 0 Å². The van der Waals surface area contributed by atoms with E-state index in [4.69, 9.17) is 9.84 Å². The largest absolute Gasteiger partial charge is 0.390 e. The van der Waals surface area contributed by atoms with Gasteiger partial charge >= 0.3 is 6.01 Å². The van der Waals surface area contributed by atoms with Gasteiger partial charge in [-0.2, -0.15) is 4.98 Å².